The van der Waals surface area contributed by atoms with Crippen LogP contribution in [-0.2, 0) is 0 Å². The Kier molecular flexibility index (Phi) is 6.96. The van der Waals surface area contributed by atoms with Gasteiger partial charge in [0.05, 0.1) is 0 Å². The second kappa shape index (κ2) is 7.45. The van der Waals surface area contributed by atoms with Crippen molar-refractivity contribution in [2.75, 3.05) is 6.54 Å². The standard InChI is InChI=1S/C14H23N3O2.ClH/c1-9(2)6-14(4,8-15)17-13(19)11-7-16-10(3)5-12(11)18;/h5,7,9H,6,8,15H2,1-4H3,(H,16,18)(H,17,19);1H. The van der Waals surface area contributed by atoms with Gasteiger partial charge in [-0.05, 0) is 26.2 Å². The highest BCUT2D eigenvalue weighted by Gasteiger charge is 2.27. The summed E-state index contributed by atoms with van der Waals surface area (Å²) < 4.78 is 0. The van der Waals surface area contributed by atoms with Gasteiger partial charge in [0.2, 0.25) is 0 Å². The molecule has 0 saturated heterocycles. The van der Waals surface area contributed by atoms with Gasteiger partial charge in [-0.3, -0.25) is 9.59 Å². The minimum Gasteiger partial charge on any atom is -0.364 e. The summed E-state index contributed by atoms with van der Waals surface area (Å²) in [5.41, 5.74) is 5.81. The van der Waals surface area contributed by atoms with E-state index >= 15 is 0 Å². The number of carbonyl (C=O) groups is 1. The van der Waals surface area contributed by atoms with E-state index < -0.39 is 5.54 Å². The normalized spacial score (nSPS) is 13.5. The first-order valence-corrected chi connectivity index (χ1v) is 6.49. The number of pyridine rings is 1. The van der Waals surface area contributed by atoms with Gasteiger partial charge in [0.1, 0.15) is 5.56 Å². The summed E-state index contributed by atoms with van der Waals surface area (Å²) in [6.45, 7) is 8.14. The molecule has 114 valence electrons. The molecule has 0 saturated carbocycles. The highest BCUT2D eigenvalue weighted by Crippen LogP contribution is 2.15. The predicted octanol–water partition coefficient (Wildman–Crippen LogP) is 1.60. The Morgan fingerprint density at radius 1 is 1.50 bits per heavy atom. The van der Waals surface area contributed by atoms with E-state index in [4.69, 9.17) is 5.73 Å². The molecule has 1 rings (SSSR count). The van der Waals surface area contributed by atoms with Crippen molar-refractivity contribution in [3.05, 3.63) is 33.7 Å². The number of nitrogens with two attached hydrogens (primary N) is 1. The number of carbonyl (C=O) groups excluding carboxylic acids is 1. The number of H-pyrrole nitrogens is 1. The van der Waals surface area contributed by atoms with Gasteiger partial charge in [-0.15, -0.1) is 12.4 Å². The highest BCUT2D eigenvalue weighted by molar-refractivity contribution is 5.94. The van der Waals surface area contributed by atoms with Gasteiger partial charge in [-0.25, -0.2) is 0 Å². The molecule has 0 radical (unpaired) electrons. The Hall–Kier alpha value is -1.33. The average Bonchev–Trinajstić information content (AvgIpc) is 2.27. The van der Waals surface area contributed by atoms with Crippen LogP contribution in [0.4, 0.5) is 0 Å². The number of hydrogen-bond acceptors (Lipinski definition) is 3. The number of halogens is 1. The van der Waals surface area contributed by atoms with E-state index in [1.165, 1.54) is 12.3 Å². The lowest BCUT2D eigenvalue weighted by molar-refractivity contribution is 0.0897. The molecule has 0 aliphatic heterocycles. The summed E-state index contributed by atoms with van der Waals surface area (Å²) >= 11 is 0. The highest BCUT2D eigenvalue weighted by atomic mass is 35.5. The van der Waals surface area contributed by atoms with Crippen molar-refractivity contribution < 1.29 is 4.79 Å². The van der Waals surface area contributed by atoms with E-state index in [1.54, 1.807) is 6.92 Å². The molecule has 6 heteroatoms. The second-order valence-corrected chi connectivity index (χ2v) is 5.71. The van der Waals surface area contributed by atoms with Crippen LogP contribution in [0, 0.1) is 12.8 Å². The number of aromatic amines is 1. The molecule has 1 amide bonds. The van der Waals surface area contributed by atoms with Gasteiger partial charge >= 0.3 is 0 Å². The molecule has 1 aromatic heterocycles. The van der Waals surface area contributed by atoms with Crippen LogP contribution in [0.5, 0.6) is 0 Å². The van der Waals surface area contributed by atoms with Crippen LogP contribution in [0.1, 0.15) is 43.2 Å². The smallest absolute Gasteiger partial charge is 0.257 e. The third kappa shape index (κ3) is 4.98. The largest absolute Gasteiger partial charge is 0.364 e. The molecule has 0 fully saturated rings. The Morgan fingerprint density at radius 3 is 2.55 bits per heavy atom. The number of aryl methyl sites for hydroxylation is 1. The van der Waals surface area contributed by atoms with E-state index in [0.29, 0.717) is 12.5 Å². The van der Waals surface area contributed by atoms with Crippen LogP contribution < -0.4 is 16.5 Å². The summed E-state index contributed by atoms with van der Waals surface area (Å²) in [6.07, 6.45) is 2.21. The third-order valence-electron chi connectivity index (χ3n) is 3.03. The lowest BCUT2D eigenvalue weighted by Crippen LogP contribution is -2.52. The van der Waals surface area contributed by atoms with Crippen LogP contribution in [0.25, 0.3) is 0 Å². The zero-order valence-corrected chi connectivity index (χ0v) is 13.3. The predicted molar refractivity (Wildman–Crippen MR) is 83.4 cm³/mol. The van der Waals surface area contributed by atoms with Gasteiger partial charge in [0, 0.05) is 30.0 Å². The van der Waals surface area contributed by atoms with Gasteiger partial charge in [0.15, 0.2) is 5.43 Å². The summed E-state index contributed by atoms with van der Waals surface area (Å²) in [6, 6.07) is 1.41. The van der Waals surface area contributed by atoms with Crippen molar-refractivity contribution in [1.82, 2.24) is 10.3 Å². The fraction of sp³-hybridized carbons (Fsp3) is 0.571. The van der Waals surface area contributed by atoms with Crippen molar-refractivity contribution in [2.24, 2.45) is 11.7 Å². The molecule has 1 aromatic rings. The van der Waals surface area contributed by atoms with Crippen molar-refractivity contribution in [1.29, 1.82) is 0 Å². The molecule has 1 atom stereocenters. The van der Waals surface area contributed by atoms with E-state index in [-0.39, 0.29) is 29.3 Å². The zero-order chi connectivity index (χ0) is 14.6. The zero-order valence-electron chi connectivity index (χ0n) is 12.4. The Balaban J connectivity index is 0.00000361. The molecule has 5 nitrogen and oxygen atoms in total. The topological polar surface area (TPSA) is 88.0 Å². The summed E-state index contributed by atoms with van der Waals surface area (Å²) in [7, 11) is 0. The first kappa shape index (κ1) is 18.7. The van der Waals surface area contributed by atoms with E-state index in [2.05, 4.69) is 24.1 Å². The first-order valence-electron chi connectivity index (χ1n) is 6.49. The molecular weight excluding hydrogens is 278 g/mol. The molecule has 0 aliphatic rings. The van der Waals surface area contributed by atoms with Crippen LogP contribution in [0.2, 0.25) is 0 Å². The first-order chi connectivity index (χ1) is 8.77. The molecular formula is C14H24ClN3O2. The van der Waals surface area contributed by atoms with Crippen LogP contribution >= 0.6 is 12.4 Å². The van der Waals surface area contributed by atoms with Crippen LogP contribution in [0.3, 0.4) is 0 Å². The minimum atomic E-state index is -0.497. The lowest BCUT2D eigenvalue weighted by Gasteiger charge is -2.31. The Bertz CT molecular complexity index is 513. The maximum atomic E-state index is 12.1. The van der Waals surface area contributed by atoms with E-state index in [1.807, 2.05) is 6.92 Å². The molecule has 0 spiro atoms. The second-order valence-electron chi connectivity index (χ2n) is 5.71. The van der Waals surface area contributed by atoms with E-state index in [0.717, 1.165) is 12.1 Å². The number of aromatic nitrogens is 1. The fourth-order valence-electron chi connectivity index (χ4n) is 2.18. The molecule has 4 N–H and O–H groups in total. The van der Waals surface area contributed by atoms with Crippen molar-refractivity contribution in [3.63, 3.8) is 0 Å². The van der Waals surface area contributed by atoms with Crippen molar-refractivity contribution in [3.8, 4) is 0 Å². The monoisotopic (exact) mass is 301 g/mol. The molecule has 0 aromatic carbocycles. The van der Waals surface area contributed by atoms with Gasteiger partial charge in [0.25, 0.3) is 5.91 Å². The summed E-state index contributed by atoms with van der Waals surface area (Å²) in [5, 5.41) is 2.87. The number of nitrogens with one attached hydrogen (secondary N) is 2. The average molecular weight is 302 g/mol. The summed E-state index contributed by atoms with van der Waals surface area (Å²) in [5.74, 6) is 0.0278. The van der Waals surface area contributed by atoms with E-state index in [9.17, 15) is 9.59 Å². The Labute approximate surface area is 125 Å². The lowest BCUT2D eigenvalue weighted by atomic mass is 9.90. The molecule has 0 aliphatic carbocycles. The number of rotatable bonds is 5. The maximum absolute atomic E-state index is 12.1. The third-order valence-corrected chi connectivity index (χ3v) is 3.03. The van der Waals surface area contributed by atoms with Crippen molar-refractivity contribution >= 4 is 18.3 Å². The maximum Gasteiger partial charge on any atom is 0.257 e. The molecule has 1 heterocycles. The van der Waals surface area contributed by atoms with Gasteiger partial charge < -0.3 is 16.0 Å². The summed E-state index contributed by atoms with van der Waals surface area (Å²) in [4.78, 5) is 26.8. The number of hydrogen-bond donors (Lipinski definition) is 3. The molecule has 20 heavy (non-hydrogen) atoms. The minimum absolute atomic E-state index is 0. The Morgan fingerprint density at radius 2 is 2.10 bits per heavy atom. The van der Waals surface area contributed by atoms with Crippen molar-refractivity contribution in [2.45, 2.75) is 39.7 Å². The van der Waals surface area contributed by atoms with Gasteiger partial charge in [-0.1, -0.05) is 13.8 Å². The van der Waals surface area contributed by atoms with Crippen LogP contribution in [-0.4, -0.2) is 23.0 Å². The van der Waals surface area contributed by atoms with Gasteiger partial charge in [-0.2, -0.15) is 0 Å². The van der Waals surface area contributed by atoms with Crippen LogP contribution in [0.15, 0.2) is 17.1 Å². The quantitative estimate of drug-likeness (QED) is 0.772. The molecule has 0 bridgehead atoms. The SMILES string of the molecule is Cc1cc(=O)c(C(=O)NC(C)(CN)CC(C)C)c[nH]1.Cl. The fourth-order valence-corrected chi connectivity index (χ4v) is 2.18. The number of amides is 1. The molecule has 1 unspecified atom stereocenters.